The van der Waals surface area contributed by atoms with Crippen molar-refractivity contribution in [3.63, 3.8) is 0 Å². The van der Waals surface area contributed by atoms with E-state index < -0.39 is 47.7 Å². The lowest BCUT2D eigenvalue weighted by atomic mass is 9.70. The number of alkyl halides is 1. The lowest BCUT2D eigenvalue weighted by molar-refractivity contribution is -0.160. The molecule has 0 radical (unpaired) electrons. The summed E-state index contributed by atoms with van der Waals surface area (Å²) < 4.78 is 12.3. The molecule has 0 aromatic heterocycles. The highest BCUT2D eigenvalue weighted by Gasteiger charge is 2.77. The van der Waals surface area contributed by atoms with E-state index in [1.807, 2.05) is 27.7 Å². The quantitative estimate of drug-likeness (QED) is 0.160. The van der Waals surface area contributed by atoms with Gasteiger partial charge < -0.3 is 29.7 Å². The van der Waals surface area contributed by atoms with Crippen molar-refractivity contribution in [1.82, 2.24) is 15.1 Å². The van der Waals surface area contributed by atoms with Gasteiger partial charge in [-0.15, -0.1) is 13.2 Å². The molecule has 3 fully saturated rings. The molecular weight excluding hydrogens is 594 g/mol. The topological polar surface area (TPSA) is 125 Å². The third-order valence-electron chi connectivity index (χ3n) is 8.79. The minimum atomic E-state index is -1.26. The summed E-state index contributed by atoms with van der Waals surface area (Å²) in [5.74, 6) is -3.42. The number of hydrogen-bond acceptors (Lipinski definition) is 7. The first-order valence-electron chi connectivity index (χ1n) is 14.6. The zero-order chi connectivity index (χ0) is 30.6. The number of aliphatic hydroxyl groups is 1. The Labute approximate surface area is 252 Å². The molecule has 3 aliphatic rings. The first-order chi connectivity index (χ1) is 19.4. The molecule has 1 unspecified atom stereocenters. The van der Waals surface area contributed by atoms with Crippen LogP contribution in [0, 0.1) is 17.8 Å². The first-order valence-corrected chi connectivity index (χ1v) is 15.6. The van der Waals surface area contributed by atoms with Gasteiger partial charge in [0.2, 0.25) is 17.7 Å². The third-order valence-corrected chi connectivity index (χ3v) is 9.63. The number of halogens is 1. The molecular formula is C30H46BrN3O7. The predicted molar refractivity (Wildman–Crippen MR) is 158 cm³/mol. The van der Waals surface area contributed by atoms with Crippen LogP contribution in [0.5, 0.6) is 0 Å². The summed E-state index contributed by atoms with van der Waals surface area (Å²) in [4.78, 5) is 57.2. The monoisotopic (exact) mass is 639 g/mol. The van der Waals surface area contributed by atoms with E-state index in [1.165, 1.54) is 4.90 Å². The summed E-state index contributed by atoms with van der Waals surface area (Å²) in [7, 11) is 0. The molecule has 9 atom stereocenters. The van der Waals surface area contributed by atoms with Gasteiger partial charge in [0, 0.05) is 23.8 Å². The van der Waals surface area contributed by atoms with Gasteiger partial charge in [-0.3, -0.25) is 19.2 Å². The molecule has 230 valence electrons. The molecule has 2 bridgehead atoms. The standard InChI is InChI=1S/C30H46BrN3O7/c1-8-11-12-22(36)32-15-19(7)40-29(39)23-24-27(37)34(21(16-35)18(6)10-3)26(28(38)33(13-9-2)17(4)5)30(24)14-20(31)25(23)41-30/h8-9,17-21,23-26,35H,1-2,10-16H2,3-7H3,(H,32,36)/t18-,19-,20?,21-,23-,24+,25-,26-,30+/m0/s1. The molecule has 0 saturated carbocycles. The van der Waals surface area contributed by atoms with Gasteiger partial charge in [-0.2, -0.15) is 0 Å². The number of likely N-dealkylation sites (tertiary alicyclic amines) is 1. The second kappa shape index (κ2) is 13.8. The molecule has 0 aromatic carbocycles. The van der Waals surface area contributed by atoms with Gasteiger partial charge in [0.25, 0.3) is 0 Å². The Kier molecular flexibility index (Phi) is 11.2. The maximum Gasteiger partial charge on any atom is 0.312 e. The van der Waals surface area contributed by atoms with E-state index in [1.54, 1.807) is 24.0 Å². The smallest absolute Gasteiger partial charge is 0.312 e. The number of aliphatic hydroxyl groups excluding tert-OH is 1. The summed E-state index contributed by atoms with van der Waals surface area (Å²) in [5.41, 5.74) is -1.26. The van der Waals surface area contributed by atoms with Crippen molar-refractivity contribution in [2.45, 2.75) is 101 Å². The molecule has 10 nitrogen and oxygen atoms in total. The van der Waals surface area contributed by atoms with E-state index in [0.29, 0.717) is 25.7 Å². The van der Waals surface area contributed by atoms with Crippen molar-refractivity contribution < 1.29 is 33.8 Å². The minimum Gasteiger partial charge on any atom is -0.460 e. The first kappa shape index (κ1) is 33.3. The highest BCUT2D eigenvalue weighted by Crippen LogP contribution is 2.61. The Balaban J connectivity index is 1.97. The van der Waals surface area contributed by atoms with Crippen LogP contribution in [0.25, 0.3) is 0 Å². The summed E-state index contributed by atoms with van der Waals surface area (Å²) in [5, 5.41) is 13.2. The van der Waals surface area contributed by atoms with Crippen molar-refractivity contribution in [2.75, 3.05) is 19.7 Å². The Morgan fingerprint density at radius 2 is 1.95 bits per heavy atom. The van der Waals surface area contributed by atoms with Crippen LogP contribution in [-0.4, -0.2) is 99.1 Å². The van der Waals surface area contributed by atoms with Crippen molar-refractivity contribution in [3.8, 4) is 0 Å². The Bertz CT molecular complexity index is 1020. The minimum absolute atomic E-state index is 0.103. The zero-order valence-electron chi connectivity index (χ0n) is 24.9. The molecule has 3 rings (SSSR count). The number of nitrogens with zero attached hydrogens (tertiary/aromatic N) is 2. The number of carbonyl (C=O) groups is 4. The molecule has 1 spiro atoms. The van der Waals surface area contributed by atoms with Crippen molar-refractivity contribution >= 4 is 39.6 Å². The number of fused-ring (bicyclic) bond motifs is 1. The van der Waals surface area contributed by atoms with Crippen LogP contribution in [0.2, 0.25) is 0 Å². The Morgan fingerprint density at radius 3 is 2.51 bits per heavy atom. The van der Waals surface area contributed by atoms with Gasteiger partial charge in [-0.05, 0) is 39.5 Å². The van der Waals surface area contributed by atoms with Crippen LogP contribution >= 0.6 is 15.9 Å². The van der Waals surface area contributed by atoms with E-state index in [0.717, 1.165) is 0 Å². The summed E-state index contributed by atoms with van der Waals surface area (Å²) in [6.07, 6.45) is 3.88. The second-order valence-electron chi connectivity index (χ2n) is 11.8. The van der Waals surface area contributed by atoms with Crippen LogP contribution in [0.15, 0.2) is 25.3 Å². The number of hydrogen-bond donors (Lipinski definition) is 2. The molecule has 3 amide bonds. The van der Waals surface area contributed by atoms with Gasteiger partial charge in [-0.25, -0.2) is 0 Å². The van der Waals surface area contributed by atoms with Crippen molar-refractivity contribution in [3.05, 3.63) is 25.3 Å². The maximum atomic E-state index is 14.3. The van der Waals surface area contributed by atoms with Crippen LogP contribution in [0.3, 0.4) is 0 Å². The highest BCUT2D eigenvalue weighted by molar-refractivity contribution is 9.09. The summed E-state index contributed by atoms with van der Waals surface area (Å²) in [6.45, 7) is 16.9. The van der Waals surface area contributed by atoms with Crippen molar-refractivity contribution in [1.29, 1.82) is 0 Å². The van der Waals surface area contributed by atoms with Gasteiger partial charge in [0.1, 0.15) is 17.7 Å². The Morgan fingerprint density at radius 1 is 1.27 bits per heavy atom. The molecule has 11 heteroatoms. The van der Waals surface area contributed by atoms with E-state index in [-0.39, 0.29) is 54.2 Å². The maximum absolute atomic E-state index is 14.3. The normalized spacial score (nSPS) is 30.5. The van der Waals surface area contributed by atoms with Crippen molar-refractivity contribution in [2.24, 2.45) is 17.8 Å². The van der Waals surface area contributed by atoms with Gasteiger partial charge in [0.15, 0.2) is 0 Å². The molecule has 0 aliphatic carbocycles. The van der Waals surface area contributed by atoms with Crippen LogP contribution < -0.4 is 5.32 Å². The molecule has 2 N–H and O–H groups in total. The molecule has 0 aromatic rings. The van der Waals surface area contributed by atoms with Crippen LogP contribution in [0.4, 0.5) is 0 Å². The largest absolute Gasteiger partial charge is 0.460 e. The van der Waals surface area contributed by atoms with Crippen LogP contribution in [-0.2, 0) is 28.7 Å². The molecule has 3 heterocycles. The SMILES string of the molecule is C=CCCC(=O)NC[C@H](C)OC(=O)[C@@H]1[C@H]2O[C@@]3(CC2Br)[C@H](C(=O)N(CC=C)C(C)C)N([C@@H](CO)[C@@H](C)CC)C(=O)[C@@H]13. The number of amides is 3. The number of ether oxygens (including phenoxy) is 2. The lowest BCUT2D eigenvalue weighted by Crippen LogP contribution is -2.60. The predicted octanol–water partition coefficient (Wildman–Crippen LogP) is 2.58. The number of nitrogens with one attached hydrogen (secondary N) is 1. The highest BCUT2D eigenvalue weighted by atomic mass is 79.9. The average Bonchev–Trinajstić information content (AvgIpc) is 3.52. The lowest BCUT2D eigenvalue weighted by Gasteiger charge is -2.41. The number of carbonyl (C=O) groups excluding carboxylic acids is 4. The summed E-state index contributed by atoms with van der Waals surface area (Å²) >= 11 is 3.67. The Hall–Kier alpha value is -2.24. The van der Waals surface area contributed by atoms with E-state index in [9.17, 15) is 24.3 Å². The number of esters is 1. The molecule has 3 saturated heterocycles. The van der Waals surface area contributed by atoms with E-state index >= 15 is 0 Å². The average molecular weight is 641 g/mol. The van der Waals surface area contributed by atoms with Gasteiger partial charge in [0.05, 0.1) is 37.1 Å². The third kappa shape index (κ3) is 6.27. The fourth-order valence-corrected chi connectivity index (χ4v) is 7.48. The fraction of sp³-hybridized carbons (Fsp3) is 0.733. The zero-order valence-corrected chi connectivity index (χ0v) is 26.5. The number of allylic oxidation sites excluding steroid dienone is 1. The van der Waals surface area contributed by atoms with Gasteiger partial charge >= 0.3 is 5.97 Å². The van der Waals surface area contributed by atoms with Gasteiger partial charge in [-0.1, -0.05) is 48.4 Å². The van der Waals surface area contributed by atoms with E-state index in [2.05, 4.69) is 34.4 Å². The van der Waals surface area contributed by atoms with Crippen LogP contribution in [0.1, 0.15) is 60.3 Å². The molecule has 41 heavy (non-hydrogen) atoms. The second-order valence-corrected chi connectivity index (χ2v) is 13.0. The van der Waals surface area contributed by atoms with E-state index in [4.69, 9.17) is 9.47 Å². The summed E-state index contributed by atoms with van der Waals surface area (Å²) in [6, 6.07) is -1.82. The fourth-order valence-electron chi connectivity index (χ4n) is 6.54. The molecule has 3 aliphatic heterocycles. The number of rotatable bonds is 15.